The molecule has 2 aliphatic carbocycles. The van der Waals surface area contributed by atoms with Gasteiger partial charge >= 0.3 is 6.03 Å². The third-order valence-corrected chi connectivity index (χ3v) is 8.26. The van der Waals surface area contributed by atoms with E-state index in [2.05, 4.69) is 59.3 Å². The van der Waals surface area contributed by atoms with E-state index in [9.17, 15) is 9.90 Å². The number of aliphatic hydroxyl groups is 1. The number of benzene rings is 1. The van der Waals surface area contributed by atoms with E-state index >= 15 is 0 Å². The van der Waals surface area contributed by atoms with Crippen LogP contribution in [-0.2, 0) is 5.54 Å². The predicted octanol–water partition coefficient (Wildman–Crippen LogP) is 3.40. The van der Waals surface area contributed by atoms with E-state index in [1.54, 1.807) is 12.4 Å². The van der Waals surface area contributed by atoms with Gasteiger partial charge in [-0.3, -0.25) is 9.80 Å². The summed E-state index contributed by atoms with van der Waals surface area (Å²) in [7, 11) is 4.32. The second-order valence-electron chi connectivity index (χ2n) is 10.1. The third-order valence-electron chi connectivity index (χ3n) is 8.26. The van der Waals surface area contributed by atoms with Crippen molar-refractivity contribution in [1.29, 1.82) is 0 Å². The molecule has 2 amide bonds. The van der Waals surface area contributed by atoms with Crippen LogP contribution in [-0.4, -0.2) is 69.2 Å². The molecule has 0 bridgehead atoms. The first-order valence-corrected chi connectivity index (χ1v) is 11.7. The topological polar surface area (TPSA) is 72.8 Å². The molecule has 1 saturated heterocycles. The van der Waals surface area contributed by atoms with Gasteiger partial charge in [-0.15, -0.1) is 0 Å². The van der Waals surface area contributed by atoms with Crippen LogP contribution in [0.25, 0.3) is 0 Å². The summed E-state index contributed by atoms with van der Waals surface area (Å²) in [4.78, 5) is 28.0. The van der Waals surface area contributed by atoms with Crippen LogP contribution >= 0.6 is 0 Å². The van der Waals surface area contributed by atoms with Crippen molar-refractivity contribution < 1.29 is 9.90 Å². The number of hydrogen-bond acceptors (Lipinski definition) is 5. The Labute approximate surface area is 190 Å². The van der Waals surface area contributed by atoms with E-state index in [-0.39, 0.29) is 17.1 Å². The number of carbonyl (C=O) groups excluding carboxylic acids is 1. The average molecular weight is 436 g/mol. The van der Waals surface area contributed by atoms with Crippen molar-refractivity contribution in [2.75, 3.05) is 32.1 Å². The smallest absolute Gasteiger partial charge is 0.325 e. The largest absolute Gasteiger partial charge is 0.388 e. The van der Waals surface area contributed by atoms with Crippen LogP contribution in [0.5, 0.6) is 0 Å². The summed E-state index contributed by atoms with van der Waals surface area (Å²) in [6, 6.07) is 10.7. The number of urea groups is 1. The van der Waals surface area contributed by atoms with Crippen LogP contribution in [0.15, 0.2) is 49.1 Å². The van der Waals surface area contributed by atoms with E-state index in [0.29, 0.717) is 13.1 Å². The quantitative estimate of drug-likeness (QED) is 0.779. The molecule has 2 saturated carbocycles. The van der Waals surface area contributed by atoms with Crippen molar-refractivity contribution in [3.05, 3.63) is 54.6 Å². The van der Waals surface area contributed by atoms with Gasteiger partial charge < -0.3 is 10.0 Å². The molecular weight excluding hydrogens is 402 g/mol. The molecule has 170 valence electrons. The molecule has 5 rings (SSSR count). The fraction of sp³-hybridized carbons (Fsp3) is 0.560. The van der Waals surface area contributed by atoms with E-state index < -0.39 is 5.60 Å². The van der Waals surface area contributed by atoms with Crippen molar-refractivity contribution >= 4 is 11.7 Å². The second kappa shape index (κ2) is 7.81. The minimum Gasteiger partial charge on any atom is -0.388 e. The minimum atomic E-state index is -0.749. The predicted molar refractivity (Wildman–Crippen MR) is 123 cm³/mol. The molecule has 0 atom stereocenters. The summed E-state index contributed by atoms with van der Waals surface area (Å²) in [5, 5.41) is 11.0. The van der Waals surface area contributed by atoms with Gasteiger partial charge in [0.25, 0.3) is 0 Å². The first kappa shape index (κ1) is 21.3. The number of hydrogen-bond donors (Lipinski definition) is 1. The first-order valence-electron chi connectivity index (χ1n) is 11.7. The SMILES string of the molecule is CN(C)[C@]1(c2ccccc2)CC[C@@]2(CC1)CN(c1cncnc1)C(=O)N2CC1(O)CCC1. The van der Waals surface area contributed by atoms with E-state index in [1.165, 1.54) is 11.9 Å². The summed E-state index contributed by atoms with van der Waals surface area (Å²) >= 11 is 0. The molecule has 0 unspecified atom stereocenters. The molecule has 2 heterocycles. The van der Waals surface area contributed by atoms with Crippen molar-refractivity contribution in [3.63, 3.8) is 0 Å². The van der Waals surface area contributed by atoms with Gasteiger partial charge in [-0.1, -0.05) is 30.3 Å². The minimum absolute atomic E-state index is 0.0304. The molecule has 2 aromatic rings. The van der Waals surface area contributed by atoms with Crippen molar-refractivity contribution in [2.24, 2.45) is 0 Å². The normalized spacial score (nSPS) is 29.6. The standard InChI is InChI=1S/C25H33N5O2/c1-28(2)25(20-7-4-3-5-8-20)13-11-23(12-14-25)17-29(21-15-26-19-27-16-21)22(31)30(23)18-24(32)9-6-10-24/h3-5,7-8,15-16,19,32H,6,9-14,17-18H2,1-2H3/t23-,25-. The molecule has 3 aliphatic rings. The van der Waals surface area contributed by atoms with Gasteiger partial charge in [0.2, 0.25) is 0 Å². The summed E-state index contributed by atoms with van der Waals surface area (Å²) in [6.07, 6.45) is 11.2. The van der Waals surface area contributed by atoms with Gasteiger partial charge in [0.05, 0.1) is 42.3 Å². The Morgan fingerprint density at radius 2 is 1.66 bits per heavy atom. The highest BCUT2D eigenvalue weighted by Gasteiger charge is 2.56. The van der Waals surface area contributed by atoms with Crippen molar-refractivity contribution in [2.45, 2.75) is 61.6 Å². The fourth-order valence-corrected chi connectivity index (χ4v) is 6.00. The number of amides is 2. The van der Waals surface area contributed by atoms with Crippen LogP contribution in [0.4, 0.5) is 10.5 Å². The molecule has 1 spiro atoms. The fourth-order valence-electron chi connectivity index (χ4n) is 6.00. The zero-order valence-corrected chi connectivity index (χ0v) is 19.1. The Morgan fingerprint density at radius 1 is 1.00 bits per heavy atom. The lowest BCUT2D eigenvalue weighted by atomic mass is 9.67. The van der Waals surface area contributed by atoms with Gasteiger partial charge in [0.15, 0.2) is 0 Å². The van der Waals surface area contributed by atoms with Gasteiger partial charge in [-0.2, -0.15) is 0 Å². The molecule has 7 nitrogen and oxygen atoms in total. The number of nitrogens with zero attached hydrogens (tertiary/aromatic N) is 5. The highest BCUT2D eigenvalue weighted by Crippen LogP contribution is 2.50. The highest BCUT2D eigenvalue weighted by atomic mass is 16.3. The van der Waals surface area contributed by atoms with Crippen LogP contribution in [0.1, 0.15) is 50.5 Å². The van der Waals surface area contributed by atoms with E-state index in [0.717, 1.165) is 50.6 Å². The maximum absolute atomic E-state index is 13.6. The summed E-state index contributed by atoms with van der Waals surface area (Å²) in [5.41, 5.74) is 0.986. The zero-order valence-electron chi connectivity index (χ0n) is 19.1. The average Bonchev–Trinajstić information content (AvgIpc) is 3.06. The Kier molecular flexibility index (Phi) is 5.21. The lowest BCUT2D eigenvalue weighted by molar-refractivity contribution is -0.0725. The van der Waals surface area contributed by atoms with Gasteiger partial charge in [-0.25, -0.2) is 14.8 Å². The Bertz CT molecular complexity index is 953. The van der Waals surface area contributed by atoms with Crippen molar-refractivity contribution in [3.8, 4) is 0 Å². The van der Waals surface area contributed by atoms with Crippen LogP contribution in [0.2, 0.25) is 0 Å². The summed E-state index contributed by atoms with van der Waals surface area (Å²) < 4.78 is 0. The number of rotatable bonds is 5. The molecule has 7 heteroatoms. The Balaban J connectivity index is 1.46. The van der Waals surface area contributed by atoms with Crippen molar-refractivity contribution in [1.82, 2.24) is 19.8 Å². The van der Waals surface area contributed by atoms with Crippen LogP contribution in [0.3, 0.4) is 0 Å². The Morgan fingerprint density at radius 3 is 2.22 bits per heavy atom. The maximum atomic E-state index is 13.6. The molecule has 3 fully saturated rings. The zero-order chi connectivity index (χ0) is 22.4. The number of anilines is 1. The monoisotopic (exact) mass is 435 g/mol. The van der Waals surface area contributed by atoms with Gasteiger partial charge in [0, 0.05) is 5.54 Å². The third kappa shape index (κ3) is 3.39. The van der Waals surface area contributed by atoms with Crippen LogP contribution < -0.4 is 4.90 Å². The molecule has 0 radical (unpaired) electrons. The van der Waals surface area contributed by atoms with Gasteiger partial charge in [0.1, 0.15) is 6.33 Å². The highest BCUT2D eigenvalue weighted by molar-refractivity contribution is 5.95. The van der Waals surface area contributed by atoms with E-state index in [1.807, 2.05) is 9.80 Å². The Hall–Kier alpha value is -2.51. The summed E-state index contributed by atoms with van der Waals surface area (Å²) in [6.45, 7) is 1.03. The number of aromatic nitrogens is 2. The van der Waals surface area contributed by atoms with Gasteiger partial charge in [-0.05, 0) is 64.6 Å². The molecule has 1 N–H and O–H groups in total. The molecule has 1 aromatic heterocycles. The second-order valence-corrected chi connectivity index (χ2v) is 10.1. The number of β-amino-alcohol motifs (C(OH)–C–C–N with tert-alkyl or cyclic N) is 1. The summed E-state index contributed by atoms with van der Waals surface area (Å²) in [5.74, 6) is 0. The maximum Gasteiger partial charge on any atom is 0.325 e. The molecule has 32 heavy (non-hydrogen) atoms. The number of carbonyl (C=O) groups is 1. The molecule has 1 aromatic carbocycles. The lowest BCUT2D eigenvalue weighted by Crippen LogP contribution is -2.59. The molecular formula is C25H33N5O2. The van der Waals surface area contributed by atoms with Crippen LogP contribution in [0, 0.1) is 0 Å². The first-order chi connectivity index (χ1) is 15.4. The van der Waals surface area contributed by atoms with E-state index in [4.69, 9.17) is 0 Å². The molecule has 1 aliphatic heterocycles. The lowest BCUT2D eigenvalue weighted by Gasteiger charge is -2.52.